The largest absolute Gasteiger partial charge is 0.508 e. The van der Waals surface area contributed by atoms with E-state index < -0.39 is 0 Å². The van der Waals surface area contributed by atoms with Gasteiger partial charge in [-0.1, -0.05) is 6.07 Å². The minimum absolute atomic E-state index is 0.141. The summed E-state index contributed by atoms with van der Waals surface area (Å²) in [7, 11) is 0. The number of phenolic OH excluding ortho intramolecular Hbond substituents is 1. The van der Waals surface area contributed by atoms with Crippen LogP contribution in [0.5, 0.6) is 5.75 Å². The van der Waals surface area contributed by atoms with Crippen molar-refractivity contribution in [3.63, 3.8) is 0 Å². The van der Waals surface area contributed by atoms with Gasteiger partial charge in [-0.3, -0.25) is 14.9 Å². The summed E-state index contributed by atoms with van der Waals surface area (Å²) in [4.78, 5) is 16.8. The molecule has 116 valence electrons. The number of phenols is 1. The number of aromatic amines is 1. The van der Waals surface area contributed by atoms with Crippen LogP contribution in [0.4, 0.5) is 5.69 Å². The lowest BCUT2D eigenvalue weighted by Gasteiger charge is -2.00. The Bertz CT molecular complexity index is 924. The van der Waals surface area contributed by atoms with E-state index in [0.717, 1.165) is 15.0 Å². The van der Waals surface area contributed by atoms with Gasteiger partial charge in [0.25, 0.3) is 5.56 Å². The van der Waals surface area contributed by atoms with Gasteiger partial charge in [0, 0.05) is 21.5 Å². The molecule has 0 saturated heterocycles. The van der Waals surface area contributed by atoms with Crippen LogP contribution >= 0.6 is 22.6 Å². The van der Waals surface area contributed by atoms with Crippen molar-refractivity contribution in [1.29, 1.82) is 0 Å². The van der Waals surface area contributed by atoms with Crippen molar-refractivity contribution in [3.8, 4) is 11.4 Å². The van der Waals surface area contributed by atoms with E-state index in [1.165, 1.54) is 17.0 Å². The van der Waals surface area contributed by atoms with Gasteiger partial charge in [-0.25, -0.2) is 4.68 Å². The summed E-state index contributed by atoms with van der Waals surface area (Å²) in [6.07, 6.45) is 1.52. The van der Waals surface area contributed by atoms with Crippen LogP contribution in [0.25, 0.3) is 5.69 Å². The standard InChI is InChI=1S/C17H14IN3O2/c1-11-16(10-19-13-3-2-4-15(22)9-13)17(23)21(20-11)14-7-5-12(18)6-8-14/h2-10,20,22H,1H3. The Hall–Kier alpha value is -2.35. The molecule has 3 aromatic rings. The summed E-state index contributed by atoms with van der Waals surface area (Å²) in [5.74, 6) is 0.141. The molecule has 0 amide bonds. The third-order valence-corrected chi connectivity index (χ3v) is 4.09. The van der Waals surface area contributed by atoms with Crippen molar-refractivity contribution >= 4 is 34.5 Å². The highest BCUT2D eigenvalue weighted by Gasteiger charge is 2.10. The Kier molecular flexibility index (Phi) is 4.33. The topological polar surface area (TPSA) is 70.4 Å². The number of rotatable bonds is 3. The van der Waals surface area contributed by atoms with Crippen molar-refractivity contribution in [3.05, 3.63) is 73.7 Å². The lowest BCUT2D eigenvalue weighted by molar-refractivity contribution is 0.475. The molecule has 0 unspecified atom stereocenters. The molecule has 0 aliphatic carbocycles. The summed E-state index contributed by atoms with van der Waals surface area (Å²) < 4.78 is 2.60. The molecule has 0 spiro atoms. The molecular formula is C17H14IN3O2. The molecule has 2 aromatic carbocycles. The zero-order valence-electron chi connectivity index (χ0n) is 12.3. The highest BCUT2D eigenvalue weighted by molar-refractivity contribution is 14.1. The van der Waals surface area contributed by atoms with Crippen molar-refractivity contribution in [1.82, 2.24) is 9.78 Å². The van der Waals surface area contributed by atoms with Gasteiger partial charge in [-0.15, -0.1) is 0 Å². The number of hydrogen-bond donors (Lipinski definition) is 2. The molecule has 0 aliphatic heterocycles. The molecular weight excluding hydrogens is 405 g/mol. The second-order valence-electron chi connectivity index (χ2n) is 5.05. The van der Waals surface area contributed by atoms with Gasteiger partial charge in [0.1, 0.15) is 5.75 Å². The molecule has 0 aliphatic rings. The van der Waals surface area contributed by atoms with Crippen molar-refractivity contribution in [2.45, 2.75) is 6.92 Å². The van der Waals surface area contributed by atoms with Crippen LogP contribution in [0, 0.1) is 10.5 Å². The number of nitrogens with one attached hydrogen (secondary N) is 1. The maximum atomic E-state index is 12.6. The number of benzene rings is 2. The second-order valence-corrected chi connectivity index (χ2v) is 6.29. The van der Waals surface area contributed by atoms with Crippen LogP contribution in [-0.4, -0.2) is 21.1 Å². The fraction of sp³-hybridized carbons (Fsp3) is 0.0588. The fourth-order valence-electron chi connectivity index (χ4n) is 2.20. The van der Waals surface area contributed by atoms with Crippen LogP contribution in [-0.2, 0) is 0 Å². The number of halogens is 1. The zero-order valence-corrected chi connectivity index (χ0v) is 14.5. The molecule has 0 fully saturated rings. The van der Waals surface area contributed by atoms with E-state index in [2.05, 4.69) is 32.7 Å². The predicted molar refractivity (Wildman–Crippen MR) is 99.2 cm³/mol. The quantitative estimate of drug-likeness (QED) is 0.504. The molecule has 1 heterocycles. The minimum atomic E-state index is -0.160. The SMILES string of the molecule is Cc1[nH]n(-c2ccc(I)cc2)c(=O)c1C=Nc1cccc(O)c1. The third-order valence-electron chi connectivity index (χ3n) is 3.37. The second kappa shape index (κ2) is 6.41. The van der Waals surface area contributed by atoms with Crippen LogP contribution < -0.4 is 5.56 Å². The van der Waals surface area contributed by atoms with Gasteiger partial charge in [0.2, 0.25) is 0 Å². The van der Waals surface area contributed by atoms with Crippen molar-refractivity contribution in [2.24, 2.45) is 4.99 Å². The van der Waals surface area contributed by atoms with Gasteiger partial charge < -0.3 is 5.11 Å². The van der Waals surface area contributed by atoms with Gasteiger partial charge in [-0.05, 0) is 65.9 Å². The summed E-state index contributed by atoms with van der Waals surface area (Å²) in [6.45, 7) is 1.83. The minimum Gasteiger partial charge on any atom is -0.508 e. The first-order valence-electron chi connectivity index (χ1n) is 6.95. The summed E-state index contributed by atoms with van der Waals surface area (Å²) in [5, 5.41) is 12.5. The van der Waals surface area contributed by atoms with E-state index in [1.807, 2.05) is 31.2 Å². The van der Waals surface area contributed by atoms with Gasteiger partial charge >= 0.3 is 0 Å². The van der Waals surface area contributed by atoms with E-state index in [9.17, 15) is 9.90 Å². The van der Waals surface area contributed by atoms with E-state index in [0.29, 0.717) is 11.3 Å². The van der Waals surface area contributed by atoms with E-state index in [1.54, 1.807) is 18.2 Å². The molecule has 2 N–H and O–H groups in total. The average molecular weight is 419 g/mol. The Labute approximate surface area is 146 Å². The average Bonchev–Trinajstić information content (AvgIpc) is 2.81. The molecule has 1 aromatic heterocycles. The first-order valence-corrected chi connectivity index (χ1v) is 8.03. The van der Waals surface area contributed by atoms with Crippen molar-refractivity contribution < 1.29 is 5.11 Å². The molecule has 0 atom stereocenters. The Balaban J connectivity index is 1.98. The van der Waals surface area contributed by atoms with Crippen LogP contribution in [0.2, 0.25) is 0 Å². The number of aryl methyl sites for hydroxylation is 1. The number of hydrogen-bond acceptors (Lipinski definition) is 3. The number of aromatic hydroxyl groups is 1. The van der Waals surface area contributed by atoms with E-state index in [-0.39, 0.29) is 11.3 Å². The zero-order chi connectivity index (χ0) is 16.4. The first kappa shape index (κ1) is 15.5. The molecule has 23 heavy (non-hydrogen) atoms. The summed E-state index contributed by atoms with van der Waals surface area (Å²) in [6, 6.07) is 14.2. The van der Waals surface area contributed by atoms with Gasteiger partial charge in [-0.2, -0.15) is 0 Å². The van der Waals surface area contributed by atoms with Crippen LogP contribution in [0.15, 0.2) is 58.3 Å². The smallest absolute Gasteiger partial charge is 0.280 e. The Morgan fingerprint density at radius 1 is 1.22 bits per heavy atom. The summed E-state index contributed by atoms with van der Waals surface area (Å²) in [5.41, 5.74) is 2.43. The number of nitrogens with zero attached hydrogens (tertiary/aromatic N) is 2. The maximum absolute atomic E-state index is 12.6. The molecule has 6 heteroatoms. The van der Waals surface area contributed by atoms with E-state index >= 15 is 0 Å². The molecule has 0 bridgehead atoms. The molecule has 3 rings (SSSR count). The summed E-state index contributed by atoms with van der Waals surface area (Å²) >= 11 is 2.22. The molecule has 5 nitrogen and oxygen atoms in total. The van der Waals surface area contributed by atoms with Crippen LogP contribution in [0.3, 0.4) is 0 Å². The number of aromatic nitrogens is 2. The lowest BCUT2D eigenvalue weighted by Crippen LogP contribution is -2.17. The first-order chi connectivity index (χ1) is 11.0. The third kappa shape index (κ3) is 3.37. The Morgan fingerprint density at radius 2 is 1.96 bits per heavy atom. The number of aliphatic imine (C=N–C) groups is 1. The predicted octanol–water partition coefficient (Wildman–Crippen LogP) is 3.53. The normalized spacial score (nSPS) is 11.2. The monoisotopic (exact) mass is 419 g/mol. The highest BCUT2D eigenvalue weighted by atomic mass is 127. The van der Waals surface area contributed by atoms with Gasteiger partial charge in [0.05, 0.1) is 16.9 Å². The Morgan fingerprint density at radius 3 is 2.65 bits per heavy atom. The van der Waals surface area contributed by atoms with E-state index in [4.69, 9.17) is 0 Å². The number of H-pyrrole nitrogens is 1. The van der Waals surface area contributed by atoms with Crippen LogP contribution in [0.1, 0.15) is 11.3 Å². The molecule has 0 saturated carbocycles. The van der Waals surface area contributed by atoms with Crippen molar-refractivity contribution in [2.75, 3.05) is 0 Å². The maximum Gasteiger partial charge on any atom is 0.280 e. The lowest BCUT2D eigenvalue weighted by atomic mass is 10.2. The molecule has 0 radical (unpaired) electrons. The highest BCUT2D eigenvalue weighted by Crippen LogP contribution is 2.18. The fourth-order valence-corrected chi connectivity index (χ4v) is 2.56. The van der Waals surface area contributed by atoms with Gasteiger partial charge in [0.15, 0.2) is 0 Å².